The Morgan fingerprint density at radius 3 is 2.68 bits per heavy atom. The van der Waals surface area contributed by atoms with Gasteiger partial charge < -0.3 is 24.1 Å². The van der Waals surface area contributed by atoms with Crippen molar-refractivity contribution in [3.63, 3.8) is 0 Å². The molecule has 0 saturated carbocycles. The van der Waals surface area contributed by atoms with Crippen molar-refractivity contribution in [1.82, 2.24) is 15.0 Å². The normalized spacial score (nSPS) is 33.6. The molecule has 2 saturated heterocycles. The summed E-state index contributed by atoms with van der Waals surface area (Å²) in [4.78, 5) is 0. The summed E-state index contributed by atoms with van der Waals surface area (Å²) in [6.07, 6.45) is 1.15. The molecule has 2 aliphatic rings. The van der Waals surface area contributed by atoms with Crippen molar-refractivity contribution in [2.24, 2.45) is 5.92 Å². The second kappa shape index (κ2) is 6.59. The standard InChI is InChI=1S/C17H29N3O5/c1-10(2)7-17(5,21)12-9-20(19-18-12)8-11-13-14(15(22-6)23-11)25-16(3,4)24-13/h9-11,13-15,21H,7-8H2,1-6H3/t11-,13-,14-,15-,17?/m1/s1. The molecule has 0 bridgehead atoms. The zero-order chi connectivity index (χ0) is 18.4. The number of aromatic nitrogens is 3. The van der Waals surface area contributed by atoms with Gasteiger partial charge in [0.05, 0.1) is 12.7 Å². The van der Waals surface area contributed by atoms with Gasteiger partial charge in [-0.15, -0.1) is 5.10 Å². The molecule has 1 aromatic heterocycles. The van der Waals surface area contributed by atoms with Gasteiger partial charge in [0.1, 0.15) is 29.6 Å². The van der Waals surface area contributed by atoms with Crippen molar-refractivity contribution in [1.29, 1.82) is 0 Å². The van der Waals surface area contributed by atoms with Gasteiger partial charge in [-0.1, -0.05) is 19.1 Å². The fourth-order valence-corrected chi connectivity index (χ4v) is 3.70. The van der Waals surface area contributed by atoms with E-state index in [1.54, 1.807) is 24.9 Å². The van der Waals surface area contributed by atoms with Crippen molar-refractivity contribution >= 4 is 0 Å². The third-order valence-electron chi connectivity index (χ3n) is 4.60. The summed E-state index contributed by atoms with van der Waals surface area (Å²) in [6.45, 7) is 10.1. The molecule has 8 heteroatoms. The van der Waals surface area contributed by atoms with Crippen molar-refractivity contribution in [2.45, 2.75) is 83.6 Å². The molecule has 5 atom stereocenters. The van der Waals surface area contributed by atoms with E-state index >= 15 is 0 Å². The average molecular weight is 355 g/mol. The molecule has 0 amide bonds. The minimum Gasteiger partial charge on any atom is -0.384 e. The van der Waals surface area contributed by atoms with Gasteiger partial charge in [0.2, 0.25) is 0 Å². The van der Waals surface area contributed by atoms with E-state index < -0.39 is 17.7 Å². The lowest BCUT2D eigenvalue weighted by molar-refractivity contribution is -0.228. The minimum absolute atomic E-state index is 0.233. The average Bonchev–Trinajstić information content (AvgIpc) is 3.13. The number of fused-ring (bicyclic) bond motifs is 1. The third kappa shape index (κ3) is 3.88. The Kier molecular flexibility index (Phi) is 4.93. The quantitative estimate of drug-likeness (QED) is 0.826. The number of methoxy groups -OCH3 is 1. The lowest BCUT2D eigenvalue weighted by atomic mass is 9.92. The largest absolute Gasteiger partial charge is 0.384 e. The first-order valence-electron chi connectivity index (χ1n) is 8.78. The molecule has 2 aliphatic heterocycles. The summed E-state index contributed by atoms with van der Waals surface area (Å²) in [6, 6.07) is 0. The SMILES string of the molecule is CO[C@@H]1O[C@H](Cn2cc(C(C)(O)CC(C)C)nn2)[C@H]2OC(C)(C)O[C@@H]12. The smallest absolute Gasteiger partial charge is 0.186 e. The van der Waals surface area contributed by atoms with Crippen LogP contribution in [0.1, 0.15) is 46.7 Å². The van der Waals surface area contributed by atoms with Gasteiger partial charge in [0, 0.05) is 7.11 Å². The van der Waals surface area contributed by atoms with Crippen molar-refractivity contribution < 1.29 is 24.1 Å². The van der Waals surface area contributed by atoms with Gasteiger partial charge in [0.25, 0.3) is 0 Å². The zero-order valence-electron chi connectivity index (χ0n) is 15.8. The molecular weight excluding hydrogens is 326 g/mol. The molecule has 8 nitrogen and oxygen atoms in total. The molecule has 0 aliphatic carbocycles. The minimum atomic E-state index is -1.00. The van der Waals surface area contributed by atoms with Gasteiger partial charge in [-0.25, -0.2) is 4.68 Å². The first kappa shape index (κ1) is 18.7. The first-order chi connectivity index (χ1) is 11.6. The molecule has 3 rings (SSSR count). The van der Waals surface area contributed by atoms with Crippen LogP contribution in [-0.2, 0) is 31.1 Å². The van der Waals surface area contributed by atoms with Gasteiger partial charge in [0.15, 0.2) is 12.1 Å². The van der Waals surface area contributed by atoms with Gasteiger partial charge in [-0.3, -0.25) is 0 Å². The molecule has 3 heterocycles. The van der Waals surface area contributed by atoms with E-state index in [9.17, 15) is 5.11 Å². The fraction of sp³-hybridized carbons (Fsp3) is 0.882. The summed E-state index contributed by atoms with van der Waals surface area (Å²) in [5.41, 5.74) is -0.446. The Labute approximate surface area is 148 Å². The van der Waals surface area contributed by atoms with Gasteiger partial charge >= 0.3 is 0 Å². The van der Waals surface area contributed by atoms with E-state index in [2.05, 4.69) is 24.2 Å². The molecule has 0 aromatic carbocycles. The Morgan fingerprint density at radius 1 is 1.36 bits per heavy atom. The highest BCUT2D eigenvalue weighted by Crippen LogP contribution is 2.39. The number of nitrogens with zero attached hydrogens (tertiary/aromatic N) is 3. The topological polar surface area (TPSA) is 87.9 Å². The number of hydrogen-bond donors (Lipinski definition) is 1. The summed E-state index contributed by atoms with van der Waals surface area (Å²) >= 11 is 0. The predicted molar refractivity (Wildman–Crippen MR) is 88.5 cm³/mol. The Hall–Kier alpha value is -1.06. The van der Waals surface area contributed by atoms with E-state index in [1.165, 1.54) is 0 Å². The van der Waals surface area contributed by atoms with Crippen LogP contribution >= 0.6 is 0 Å². The van der Waals surface area contributed by atoms with Crippen LogP contribution in [0.4, 0.5) is 0 Å². The van der Waals surface area contributed by atoms with E-state index in [0.29, 0.717) is 24.6 Å². The van der Waals surface area contributed by atoms with Crippen LogP contribution < -0.4 is 0 Å². The van der Waals surface area contributed by atoms with E-state index in [0.717, 1.165) is 0 Å². The summed E-state index contributed by atoms with van der Waals surface area (Å²) in [5.74, 6) is -0.310. The molecule has 142 valence electrons. The Morgan fingerprint density at radius 2 is 2.04 bits per heavy atom. The van der Waals surface area contributed by atoms with Crippen LogP contribution in [0, 0.1) is 5.92 Å². The summed E-state index contributed by atoms with van der Waals surface area (Å²) in [7, 11) is 1.59. The maximum absolute atomic E-state index is 10.6. The van der Waals surface area contributed by atoms with E-state index in [1.807, 2.05) is 13.8 Å². The van der Waals surface area contributed by atoms with Crippen molar-refractivity contribution in [2.75, 3.05) is 7.11 Å². The fourth-order valence-electron chi connectivity index (χ4n) is 3.70. The van der Waals surface area contributed by atoms with Crippen molar-refractivity contribution in [3.05, 3.63) is 11.9 Å². The van der Waals surface area contributed by atoms with Crippen LogP contribution in [-0.4, -0.2) is 57.6 Å². The molecule has 0 radical (unpaired) electrons. The molecule has 25 heavy (non-hydrogen) atoms. The van der Waals surface area contributed by atoms with Crippen LogP contribution in [0.25, 0.3) is 0 Å². The molecular formula is C17H29N3O5. The highest BCUT2D eigenvalue weighted by Gasteiger charge is 2.55. The van der Waals surface area contributed by atoms with E-state index in [4.69, 9.17) is 18.9 Å². The van der Waals surface area contributed by atoms with E-state index in [-0.39, 0.29) is 18.3 Å². The number of aliphatic hydroxyl groups is 1. The highest BCUT2D eigenvalue weighted by atomic mass is 16.8. The third-order valence-corrected chi connectivity index (χ3v) is 4.60. The predicted octanol–water partition coefficient (Wildman–Crippen LogP) is 1.42. The Balaban J connectivity index is 1.71. The number of ether oxygens (including phenoxy) is 4. The lowest BCUT2D eigenvalue weighted by Crippen LogP contribution is -2.33. The Bertz CT molecular complexity index is 601. The van der Waals surface area contributed by atoms with Crippen LogP contribution in [0.3, 0.4) is 0 Å². The monoisotopic (exact) mass is 355 g/mol. The maximum Gasteiger partial charge on any atom is 0.186 e. The molecule has 1 unspecified atom stereocenters. The molecule has 1 aromatic rings. The lowest BCUT2D eigenvalue weighted by Gasteiger charge is -2.23. The molecule has 0 spiro atoms. The first-order valence-corrected chi connectivity index (χ1v) is 8.78. The number of hydrogen-bond acceptors (Lipinski definition) is 7. The molecule has 1 N–H and O–H groups in total. The van der Waals surface area contributed by atoms with Crippen molar-refractivity contribution in [3.8, 4) is 0 Å². The second-order valence-electron chi connectivity index (χ2n) is 8.04. The summed E-state index contributed by atoms with van der Waals surface area (Å²) < 4.78 is 24.8. The summed E-state index contributed by atoms with van der Waals surface area (Å²) in [5, 5.41) is 18.9. The molecule has 2 fully saturated rings. The van der Waals surface area contributed by atoms with Crippen LogP contribution in [0.2, 0.25) is 0 Å². The van der Waals surface area contributed by atoms with Crippen LogP contribution in [0.15, 0.2) is 6.20 Å². The maximum atomic E-state index is 10.6. The van der Waals surface area contributed by atoms with Crippen LogP contribution in [0.5, 0.6) is 0 Å². The number of rotatable bonds is 6. The zero-order valence-corrected chi connectivity index (χ0v) is 15.8. The van der Waals surface area contributed by atoms with Gasteiger partial charge in [-0.05, 0) is 33.1 Å². The van der Waals surface area contributed by atoms with Gasteiger partial charge in [-0.2, -0.15) is 0 Å². The second-order valence-corrected chi connectivity index (χ2v) is 8.04. The highest BCUT2D eigenvalue weighted by molar-refractivity contribution is 5.05.